The molecule has 8 heteroatoms. The van der Waals surface area contributed by atoms with E-state index in [2.05, 4.69) is 5.32 Å². The van der Waals surface area contributed by atoms with Gasteiger partial charge in [-0.05, 0) is 59.2 Å². The standard InChI is InChI=1S/C36H30N2O6/c1-42-24-11-8-10-22(19-24)33(40)31-30(32(39)23-15-16-28(43-2)29(20-23)44-3)36(26-13-6-7-14-27(26)37-35(36)41)34-25-12-5-4-9-21(25)17-18-38(31)34/h4-20,30-31,34H,1-3H3,(H,37,41)/t30-,31-,34+,36-/m0/s1. The van der Waals surface area contributed by atoms with Gasteiger partial charge in [0.25, 0.3) is 0 Å². The Bertz CT molecular complexity index is 1870. The molecule has 4 aromatic rings. The summed E-state index contributed by atoms with van der Waals surface area (Å²) < 4.78 is 16.4. The van der Waals surface area contributed by atoms with Gasteiger partial charge in [-0.1, -0.05) is 54.6 Å². The van der Waals surface area contributed by atoms with Crippen LogP contribution in [0.1, 0.15) is 43.4 Å². The van der Waals surface area contributed by atoms with Crippen LogP contribution in [-0.2, 0) is 10.2 Å². The number of amides is 1. The van der Waals surface area contributed by atoms with E-state index in [1.165, 1.54) is 21.3 Å². The van der Waals surface area contributed by atoms with Gasteiger partial charge in [-0.3, -0.25) is 14.4 Å². The van der Waals surface area contributed by atoms with Crippen molar-refractivity contribution in [1.82, 2.24) is 4.90 Å². The fraction of sp³-hybridized carbons (Fsp3) is 0.194. The Hall–Kier alpha value is -5.37. The zero-order chi connectivity index (χ0) is 30.6. The lowest BCUT2D eigenvalue weighted by Crippen LogP contribution is -2.49. The smallest absolute Gasteiger partial charge is 0.238 e. The average Bonchev–Trinajstić information content (AvgIpc) is 3.55. The highest BCUT2D eigenvalue weighted by Crippen LogP contribution is 2.62. The number of ether oxygens (including phenoxy) is 3. The number of methoxy groups -OCH3 is 3. The second kappa shape index (κ2) is 10.4. The van der Waals surface area contributed by atoms with E-state index >= 15 is 4.79 Å². The second-order valence-corrected chi connectivity index (χ2v) is 11.1. The molecule has 1 fully saturated rings. The highest BCUT2D eigenvalue weighted by atomic mass is 16.5. The molecule has 3 heterocycles. The van der Waals surface area contributed by atoms with Crippen LogP contribution in [-0.4, -0.2) is 49.7 Å². The fourth-order valence-electron chi connectivity index (χ4n) is 7.28. The number of anilines is 1. The third-order valence-corrected chi connectivity index (χ3v) is 9.14. The summed E-state index contributed by atoms with van der Waals surface area (Å²) in [6, 6.07) is 25.4. The van der Waals surface area contributed by atoms with Crippen LogP contribution in [0.4, 0.5) is 5.69 Å². The van der Waals surface area contributed by atoms with Crippen molar-refractivity contribution in [2.45, 2.75) is 17.5 Å². The van der Waals surface area contributed by atoms with Crippen LogP contribution in [0.5, 0.6) is 17.2 Å². The van der Waals surface area contributed by atoms with Gasteiger partial charge in [0, 0.05) is 23.0 Å². The molecule has 7 rings (SSSR count). The molecular formula is C36H30N2O6. The molecule has 0 bridgehead atoms. The summed E-state index contributed by atoms with van der Waals surface area (Å²) >= 11 is 0. The highest BCUT2D eigenvalue weighted by molar-refractivity contribution is 6.16. The first-order chi connectivity index (χ1) is 21.4. The molecule has 4 aromatic carbocycles. The van der Waals surface area contributed by atoms with Gasteiger partial charge in [-0.15, -0.1) is 0 Å². The van der Waals surface area contributed by atoms with Crippen molar-refractivity contribution in [2.75, 3.05) is 26.6 Å². The minimum Gasteiger partial charge on any atom is -0.497 e. The summed E-state index contributed by atoms with van der Waals surface area (Å²) in [4.78, 5) is 46.3. The normalized spacial score (nSPS) is 22.6. The first-order valence-corrected chi connectivity index (χ1v) is 14.3. The van der Waals surface area contributed by atoms with Gasteiger partial charge in [-0.2, -0.15) is 0 Å². The van der Waals surface area contributed by atoms with Crippen molar-refractivity contribution in [3.63, 3.8) is 0 Å². The van der Waals surface area contributed by atoms with E-state index in [0.717, 1.165) is 11.1 Å². The molecule has 1 saturated heterocycles. The van der Waals surface area contributed by atoms with Crippen molar-refractivity contribution in [1.29, 1.82) is 0 Å². The molecule has 0 saturated carbocycles. The lowest BCUT2D eigenvalue weighted by atomic mass is 9.62. The number of fused-ring (bicyclic) bond motifs is 6. The number of hydrogen-bond donors (Lipinski definition) is 1. The molecule has 0 radical (unpaired) electrons. The minimum atomic E-state index is -1.43. The summed E-state index contributed by atoms with van der Waals surface area (Å²) in [5, 5.41) is 3.07. The van der Waals surface area contributed by atoms with Crippen LogP contribution in [0.15, 0.2) is 97.2 Å². The van der Waals surface area contributed by atoms with Gasteiger partial charge < -0.3 is 24.4 Å². The Balaban J connectivity index is 1.52. The molecule has 1 amide bonds. The molecule has 1 spiro atoms. The van der Waals surface area contributed by atoms with Crippen molar-refractivity contribution >= 4 is 29.2 Å². The van der Waals surface area contributed by atoms with Crippen LogP contribution in [0, 0.1) is 5.92 Å². The Kier molecular flexibility index (Phi) is 6.50. The number of Topliss-reactive ketones (excluding diaryl/α,β-unsaturated/α-hetero) is 2. The highest BCUT2D eigenvalue weighted by Gasteiger charge is 2.70. The lowest BCUT2D eigenvalue weighted by Gasteiger charge is -2.38. The molecule has 3 aliphatic heterocycles. The third-order valence-electron chi connectivity index (χ3n) is 9.14. The van der Waals surface area contributed by atoms with Gasteiger partial charge >= 0.3 is 0 Å². The number of carbonyl (C=O) groups excluding carboxylic acids is 3. The molecule has 0 aromatic heterocycles. The Morgan fingerprint density at radius 2 is 1.52 bits per heavy atom. The van der Waals surface area contributed by atoms with Gasteiger partial charge in [-0.25, -0.2) is 0 Å². The Labute approximate surface area is 254 Å². The number of ketones is 2. The van der Waals surface area contributed by atoms with E-state index in [1.54, 1.807) is 42.5 Å². The first kappa shape index (κ1) is 27.5. The zero-order valence-corrected chi connectivity index (χ0v) is 24.4. The predicted molar refractivity (Wildman–Crippen MR) is 165 cm³/mol. The number of rotatable bonds is 7. The van der Waals surface area contributed by atoms with Crippen LogP contribution in [0.2, 0.25) is 0 Å². The van der Waals surface area contributed by atoms with Gasteiger partial charge in [0.1, 0.15) is 17.2 Å². The van der Waals surface area contributed by atoms with E-state index < -0.39 is 23.4 Å². The number of carbonyl (C=O) groups is 3. The number of para-hydroxylation sites is 1. The molecule has 1 N–H and O–H groups in total. The maximum absolute atomic E-state index is 15.1. The zero-order valence-electron chi connectivity index (χ0n) is 24.4. The lowest BCUT2D eigenvalue weighted by molar-refractivity contribution is -0.122. The van der Waals surface area contributed by atoms with E-state index in [-0.39, 0.29) is 17.5 Å². The van der Waals surface area contributed by atoms with E-state index in [4.69, 9.17) is 14.2 Å². The average molecular weight is 587 g/mol. The predicted octanol–water partition coefficient (Wildman–Crippen LogP) is 5.69. The molecule has 0 aliphatic carbocycles. The number of benzene rings is 4. The maximum atomic E-state index is 15.1. The second-order valence-electron chi connectivity index (χ2n) is 11.1. The Morgan fingerprint density at radius 3 is 2.32 bits per heavy atom. The van der Waals surface area contributed by atoms with E-state index in [0.29, 0.717) is 39.6 Å². The molecule has 220 valence electrons. The van der Waals surface area contributed by atoms with Crippen molar-refractivity contribution in [3.05, 3.63) is 125 Å². The summed E-state index contributed by atoms with van der Waals surface area (Å²) in [6.07, 6.45) is 3.79. The molecular weight excluding hydrogens is 556 g/mol. The van der Waals surface area contributed by atoms with Gasteiger partial charge in [0.2, 0.25) is 5.91 Å². The summed E-state index contributed by atoms with van der Waals surface area (Å²) in [5.41, 5.74) is 2.37. The van der Waals surface area contributed by atoms with Crippen LogP contribution in [0.25, 0.3) is 6.08 Å². The van der Waals surface area contributed by atoms with Crippen LogP contribution >= 0.6 is 0 Å². The molecule has 0 unspecified atom stereocenters. The van der Waals surface area contributed by atoms with E-state index in [9.17, 15) is 9.59 Å². The summed E-state index contributed by atoms with van der Waals surface area (Å²) in [6.45, 7) is 0. The molecule has 8 nitrogen and oxygen atoms in total. The van der Waals surface area contributed by atoms with Crippen molar-refractivity contribution in [2.24, 2.45) is 5.92 Å². The summed E-state index contributed by atoms with van der Waals surface area (Å²) in [7, 11) is 4.56. The van der Waals surface area contributed by atoms with Crippen LogP contribution < -0.4 is 19.5 Å². The van der Waals surface area contributed by atoms with Crippen LogP contribution in [0.3, 0.4) is 0 Å². The molecule has 44 heavy (non-hydrogen) atoms. The number of nitrogens with one attached hydrogen (secondary N) is 1. The minimum absolute atomic E-state index is 0.286. The number of nitrogens with zero attached hydrogens (tertiary/aromatic N) is 1. The topological polar surface area (TPSA) is 94.2 Å². The monoisotopic (exact) mass is 586 g/mol. The van der Waals surface area contributed by atoms with Gasteiger partial charge in [0.15, 0.2) is 23.1 Å². The van der Waals surface area contributed by atoms with Crippen molar-refractivity contribution in [3.8, 4) is 17.2 Å². The van der Waals surface area contributed by atoms with Gasteiger partial charge in [0.05, 0.1) is 33.3 Å². The number of hydrogen-bond acceptors (Lipinski definition) is 7. The Morgan fingerprint density at radius 1 is 0.773 bits per heavy atom. The largest absolute Gasteiger partial charge is 0.497 e. The quantitative estimate of drug-likeness (QED) is 0.278. The first-order valence-electron chi connectivity index (χ1n) is 14.3. The molecule has 3 aliphatic rings. The SMILES string of the molecule is COc1cccc(C(=O)[C@@H]2[C@@H](C(=O)c3ccc(OC)c(OC)c3)[C@]3(C(=O)Nc4ccccc43)[C@H]3c4ccccc4C=CN23)c1. The maximum Gasteiger partial charge on any atom is 0.238 e. The van der Waals surface area contributed by atoms with E-state index in [1.807, 2.05) is 65.7 Å². The third kappa shape index (κ3) is 3.80. The molecule has 4 atom stereocenters. The van der Waals surface area contributed by atoms with Crippen molar-refractivity contribution < 1.29 is 28.6 Å². The fourth-order valence-corrected chi connectivity index (χ4v) is 7.28. The summed E-state index contributed by atoms with van der Waals surface area (Å²) in [5.74, 6) is -0.702.